The van der Waals surface area contributed by atoms with Gasteiger partial charge in [-0.25, -0.2) is 0 Å². The maximum absolute atomic E-state index is 2.33. The number of hydrogen-bond donors (Lipinski definition) is 0. The van der Waals surface area contributed by atoms with Crippen molar-refractivity contribution in [1.29, 1.82) is 0 Å². The van der Waals surface area contributed by atoms with E-state index in [1.807, 2.05) is 0 Å². The average molecular weight is 231 g/mol. The summed E-state index contributed by atoms with van der Waals surface area (Å²) in [5.74, 6) is 1.67. The van der Waals surface area contributed by atoms with Crippen molar-refractivity contribution in [3.63, 3.8) is 0 Å². The van der Waals surface area contributed by atoms with E-state index >= 15 is 0 Å². The van der Waals surface area contributed by atoms with Crippen molar-refractivity contribution in [2.45, 2.75) is 40.5 Å². The van der Waals surface area contributed by atoms with E-state index in [0.29, 0.717) is 0 Å². The second-order valence-electron chi connectivity index (χ2n) is 2.96. The molecule has 1 heteroatoms. The summed E-state index contributed by atoms with van der Waals surface area (Å²) < 4.78 is 0. The molecular formula is C10H22Y-2. The first kappa shape index (κ1) is 18.0. The van der Waals surface area contributed by atoms with Crippen LogP contribution in [0.4, 0.5) is 0 Å². The molecule has 1 unspecified atom stereocenters. The van der Waals surface area contributed by atoms with E-state index in [9.17, 15) is 0 Å². The Morgan fingerprint density at radius 2 is 1.73 bits per heavy atom. The summed E-state index contributed by atoms with van der Waals surface area (Å²) in [5, 5.41) is 0. The predicted molar refractivity (Wildman–Crippen MR) is 49.6 cm³/mol. The first-order valence-corrected chi connectivity index (χ1v) is 4.01. The summed E-state index contributed by atoms with van der Waals surface area (Å²) in [6.45, 7) is 9.02. The van der Waals surface area contributed by atoms with Crippen LogP contribution in [0, 0.1) is 25.7 Å². The average Bonchev–Trinajstić information content (AvgIpc) is 1.87. The predicted octanol–water partition coefficient (Wildman–Crippen LogP) is 3.73. The normalized spacial score (nSPS) is 14.2. The van der Waals surface area contributed by atoms with E-state index in [1.165, 1.54) is 12.8 Å². The van der Waals surface area contributed by atoms with Gasteiger partial charge in [0.2, 0.25) is 0 Å². The zero-order valence-corrected chi connectivity index (χ0v) is 11.6. The van der Waals surface area contributed by atoms with Gasteiger partial charge in [0, 0.05) is 32.7 Å². The minimum atomic E-state index is 0. The van der Waals surface area contributed by atoms with Crippen LogP contribution in [0.3, 0.4) is 0 Å². The fourth-order valence-electron chi connectivity index (χ4n) is 1.05. The van der Waals surface area contributed by atoms with Crippen molar-refractivity contribution in [2.75, 3.05) is 0 Å². The summed E-state index contributed by atoms with van der Waals surface area (Å²) in [5.41, 5.74) is 0. The zero-order chi connectivity index (χ0) is 7.28. The Bertz CT molecular complexity index is 61.9. The molecule has 1 radical (unpaired) electrons. The maximum atomic E-state index is 2.33. The molecule has 0 saturated heterocycles. The Labute approximate surface area is 98.4 Å². The Morgan fingerprint density at radius 1 is 1.27 bits per heavy atom. The number of hydrogen-bond acceptors (Lipinski definition) is 0. The largest absolute Gasteiger partial charge is 0.358 e. The second kappa shape index (κ2) is 11.1. The first-order chi connectivity index (χ1) is 4.22. The second-order valence-corrected chi connectivity index (χ2v) is 2.96. The van der Waals surface area contributed by atoms with Gasteiger partial charge in [0.05, 0.1) is 0 Å². The van der Waals surface area contributed by atoms with E-state index in [-0.39, 0.29) is 40.1 Å². The van der Waals surface area contributed by atoms with Crippen LogP contribution >= 0.6 is 0 Å². The standard InChI is InChI=1S/C9H19.CH3.Y/c1-5-7-9(4)8(3)6-2;;/h6,8-9H,5,7H2,1-4H3;1H3;/q2*-1;/t8-,9?;;/m1../s1. The van der Waals surface area contributed by atoms with Crippen LogP contribution in [0.25, 0.3) is 0 Å². The van der Waals surface area contributed by atoms with Gasteiger partial charge in [-0.2, -0.15) is 12.8 Å². The van der Waals surface area contributed by atoms with Crippen molar-refractivity contribution >= 4 is 0 Å². The van der Waals surface area contributed by atoms with Gasteiger partial charge in [-0.1, -0.05) is 39.5 Å². The van der Waals surface area contributed by atoms with Crippen LogP contribution in [0.2, 0.25) is 0 Å². The van der Waals surface area contributed by atoms with Gasteiger partial charge in [-0.15, -0.1) is 0 Å². The van der Waals surface area contributed by atoms with Gasteiger partial charge in [0.15, 0.2) is 0 Å². The fourth-order valence-corrected chi connectivity index (χ4v) is 1.05. The third-order valence-electron chi connectivity index (χ3n) is 2.17. The summed E-state index contributed by atoms with van der Waals surface area (Å²) in [6, 6.07) is 0. The van der Waals surface area contributed by atoms with Gasteiger partial charge < -0.3 is 13.8 Å². The molecule has 0 rings (SSSR count). The quantitative estimate of drug-likeness (QED) is 0.647. The van der Waals surface area contributed by atoms with E-state index in [4.69, 9.17) is 0 Å². The van der Waals surface area contributed by atoms with Crippen LogP contribution in [0.5, 0.6) is 0 Å². The monoisotopic (exact) mass is 231 g/mol. The van der Waals surface area contributed by atoms with Crippen molar-refractivity contribution in [3.8, 4) is 0 Å². The molecule has 11 heavy (non-hydrogen) atoms. The van der Waals surface area contributed by atoms with Crippen LogP contribution < -0.4 is 0 Å². The molecule has 0 spiro atoms. The van der Waals surface area contributed by atoms with E-state index < -0.39 is 0 Å². The Balaban J connectivity index is -0.000000320. The van der Waals surface area contributed by atoms with Gasteiger partial charge >= 0.3 is 0 Å². The van der Waals surface area contributed by atoms with Crippen molar-refractivity contribution in [3.05, 3.63) is 13.8 Å². The summed E-state index contributed by atoms with van der Waals surface area (Å²) >= 11 is 0. The first-order valence-electron chi connectivity index (χ1n) is 4.01. The molecule has 0 heterocycles. The van der Waals surface area contributed by atoms with Gasteiger partial charge in [0.25, 0.3) is 0 Å². The van der Waals surface area contributed by atoms with Crippen molar-refractivity contribution in [2.24, 2.45) is 11.8 Å². The third-order valence-corrected chi connectivity index (χ3v) is 2.17. The molecule has 2 atom stereocenters. The molecule has 0 aromatic carbocycles. The van der Waals surface area contributed by atoms with Crippen LogP contribution in [0.1, 0.15) is 40.5 Å². The van der Waals surface area contributed by atoms with Gasteiger partial charge in [-0.3, -0.25) is 0 Å². The summed E-state index contributed by atoms with van der Waals surface area (Å²) in [6.07, 6.45) is 4.98. The van der Waals surface area contributed by atoms with Crippen LogP contribution in [-0.4, -0.2) is 0 Å². The molecule has 0 fully saturated rings. The zero-order valence-electron chi connectivity index (χ0n) is 8.72. The minimum absolute atomic E-state index is 0. The minimum Gasteiger partial charge on any atom is -0.358 e. The molecule has 0 saturated carbocycles. The van der Waals surface area contributed by atoms with Gasteiger partial charge in [0.1, 0.15) is 0 Å². The van der Waals surface area contributed by atoms with Gasteiger partial charge in [-0.05, 0) is 0 Å². The van der Waals surface area contributed by atoms with Crippen LogP contribution in [-0.2, 0) is 32.7 Å². The Hall–Kier alpha value is 1.10. The SMILES string of the molecule is C[CH-][C@@H](C)C(C)CCC.[CH3-].[Y]. The number of rotatable bonds is 4. The fraction of sp³-hybridized carbons (Fsp3) is 0.800. The molecule has 0 nitrogen and oxygen atoms in total. The third kappa shape index (κ3) is 9.01. The topological polar surface area (TPSA) is 0 Å². The molecule has 0 aliphatic rings. The van der Waals surface area contributed by atoms with Crippen LogP contribution in [0.15, 0.2) is 0 Å². The molecule has 0 aromatic heterocycles. The molecule has 0 amide bonds. The molecular weight excluding hydrogens is 209 g/mol. The van der Waals surface area contributed by atoms with E-state index in [2.05, 4.69) is 34.1 Å². The maximum Gasteiger partial charge on any atom is 0 e. The molecule has 0 bridgehead atoms. The van der Waals surface area contributed by atoms with E-state index in [0.717, 1.165) is 11.8 Å². The molecule has 0 aliphatic heterocycles. The molecule has 67 valence electrons. The van der Waals surface area contributed by atoms with Crippen molar-refractivity contribution in [1.82, 2.24) is 0 Å². The molecule has 0 aliphatic carbocycles. The van der Waals surface area contributed by atoms with E-state index in [1.54, 1.807) is 0 Å². The Morgan fingerprint density at radius 3 is 2.00 bits per heavy atom. The van der Waals surface area contributed by atoms with Crippen molar-refractivity contribution < 1.29 is 32.7 Å². The smallest absolute Gasteiger partial charge is 0 e. The Kier molecular flexibility index (Phi) is 18.2. The molecule has 0 N–H and O–H groups in total. The summed E-state index contributed by atoms with van der Waals surface area (Å²) in [4.78, 5) is 0. The molecule has 0 aromatic rings. The summed E-state index contributed by atoms with van der Waals surface area (Å²) in [7, 11) is 0.